The standard InChI is InChI=1S/C14H14FNO3/c1-9(17)8-16-14(18)13-7-6-12(19-13)10-4-2-3-5-11(10)15/h2-7,9,17H,8H2,1H3,(H,16,18)/t9-/m1/s1. The summed E-state index contributed by atoms with van der Waals surface area (Å²) in [5, 5.41) is 11.6. The molecule has 0 saturated heterocycles. The van der Waals surface area contributed by atoms with Crippen molar-refractivity contribution in [1.82, 2.24) is 5.32 Å². The number of hydrogen-bond acceptors (Lipinski definition) is 3. The normalized spacial score (nSPS) is 12.2. The number of aliphatic hydroxyl groups excluding tert-OH is 1. The molecule has 2 rings (SSSR count). The molecule has 100 valence electrons. The van der Waals surface area contributed by atoms with E-state index in [0.717, 1.165) is 0 Å². The summed E-state index contributed by atoms with van der Waals surface area (Å²) in [5.74, 6) is -0.476. The highest BCUT2D eigenvalue weighted by Crippen LogP contribution is 2.24. The molecule has 2 N–H and O–H groups in total. The number of hydrogen-bond donors (Lipinski definition) is 2. The van der Waals surface area contributed by atoms with Gasteiger partial charge in [-0.1, -0.05) is 12.1 Å². The summed E-state index contributed by atoms with van der Waals surface area (Å²) in [6.07, 6.45) is -0.634. The van der Waals surface area contributed by atoms with Gasteiger partial charge in [-0.25, -0.2) is 4.39 Å². The van der Waals surface area contributed by atoms with Gasteiger partial charge in [0.15, 0.2) is 5.76 Å². The van der Waals surface area contributed by atoms with Crippen molar-refractivity contribution in [3.8, 4) is 11.3 Å². The highest BCUT2D eigenvalue weighted by atomic mass is 19.1. The highest BCUT2D eigenvalue weighted by Gasteiger charge is 2.14. The molecular formula is C14H14FNO3. The summed E-state index contributed by atoms with van der Waals surface area (Å²) >= 11 is 0. The van der Waals surface area contributed by atoms with Crippen LogP contribution in [-0.4, -0.2) is 23.7 Å². The van der Waals surface area contributed by atoms with Gasteiger partial charge in [0, 0.05) is 6.54 Å². The summed E-state index contributed by atoms with van der Waals surface area (Å²) in [7, 11) is 0. The lowest BCUT2D eigenvalue weighted by molar-refractivity contribution is 0.0897. The number of furan rings is 1. The Balaban J connectivity index is 2.15. The number of aliphatic hydroxyl groups is 1. The van der Waals surface area contributed by atoms with Crippen LogP contribution in [0.15, 0.2) is 40.8 Å². The van der Waals surface area contributed by atoms with E-state index in [0.29, 0.717) is 11.3 Å². The van der Waals surface area contributed by atoms with Crippen LogP contribution < -0.4 is 5.32 Å². The predicted octanol–water partition coefficient (Wildman–Crippen LogP) is 2.20. The van der Waals surface area contributed by atoms with E-state index in [2.05, 4.69) is 5.32 Å². The number of carbonyl (C=O) groups excluding carboxylic acids is 1. The molecular weight excluding hydrogens is 249 g/mol. The summed E-state index contributed by atoms with van der Waals surface area (Å²) in [6.45, 7) is 1.70. The van der Waals surface area contributed by atoms with Gasteiger partial charge in [0.25, 0.3) is 5.91 Å². The van der Waals surface area contributed by atoms with Gasteiger partial charge in [0.1, 0.15) is 11.6 Å². The second-order valence-electron chi connectivity index (χ2n) is 4.20. The lowest BCUT2D eigenvalue weighted by Gasteiger charge is -2.04. The Morgan fingerprint density at radius 2 is 2.11 bits per heavy atom. The molecule has 0 saturated carbocycles. The molecule has 0 unspecified atom stereocenters. The average Bonchev–Trinajstić information content (AvgIpc) is 2.86. The van der Waals surface area contributed by atoms with Crippen molar-refractivity contribution in [2.24, 2.45) is 0 Å². The second kappa shape index (κ2) is 5.67. The molecule has 0 fully saturated rings. The lowest BCUT2D eigenvalue weighted by atomic mass is 10.1. The van der Waals surface area contributed by atoms with Crippen LogP contribution >= 0.6 is 0 Å². The van der Waals surface area contributed by atoms with Gasteiger partial charge in [0.05, 0.1) is 11.7 Å². The van der Waals surface area contributed by atoms with Crippen molar-refractivity contribution >= 4 is 5.91 Å². The van der Waals surface area contributed by atoms with Crippen molar-refractivity contribution in [3.63, 3.8) is 0 Å². The minimum Gasteiger partial charge on any atom is -0.451 e. The SMILES string of the molecule is C[C@@H](O)CNC(=O)c1ccc(-c2ccccc2F)o1. The third-order valence-corrected chi connectivity index (χ3v) is 2.53. The van der Waals surface area contributed by atoms with E-state index in [1.165, 1.54) is 18.2 Å². The Bertz CT molecular complexity index is 578. The minimum atomic E-state index is -0.634. The number of halogens is 1. The summed E-state index contributed by atoms with van der Waals surface area (Å²) in [6, 6.07) is 9.18. The molecule has 0 aliphatic rings. The van der Waals surface area contributed by atoms with Gasteiger partial charge in [-0.05, 0) is 31.2 Å². The van der Waals surface area contributed by atoms with E-state index in [4.69, 9.17) is 9.52 Å². The number of nitrogens with one attached hydrogen (secondary N) is 1. The molecule has 1 aromatic heterocycles. The third-order valence-electron chi connectivity index (χ3n) is 2.53. The van der Waals surface area contributed by atoms with Crippen molar-refractivity contribution in [1.29, 1.82) is 0 Å². The average molecular weight is 263 g/mol. The largest absolute Gasteiger partial charge is 0.451 e. The zero-order valence-electron chi connectivity index (χ0n) is 10.4. The van der Waals surface area contributed by atoms with Crippen LogP contribution in [0.4, 0.5) is 4.39 Å². The van der Waals surface area contributed by atoms with E-state index in [1.54, 1.807) is 25.1 Å². The molecule has 1 aromatic carbocycles. The molecule has 4 nitrogen and oxygen atoms in total. The summed E-state index contributed by atoms with van der Waals surface area (Å²) in [5.41, 5.74) is 0.303. The van der Waals surface area contributed by atoms with Crippen LogP contribution in [-0.2, 0) is 0 Å². The Kier molecular flexibility index (Phi) is 3.97. The van der Waals surface area contributed by atoms with Gasteiger partial charge in [-0.2, -0.15) is 0 Å². The molecule has 2 aromatic rings. The molecule has 0 spiro atoms. The first-order valence-electron chi connectivity index (χ1n) is 5.89. The first kappa shape index (κ1) is 13.3. The monoisotopic (exact) mass is 263 g/mol. The smallest absolute Gasteiger partial charge is 0.287 e. The van der Waals surface area contributed by atoms with Crippen LogP contribution in [0.25, 0.3) is 11.3 Å². The van der Waals surface area contributed by atoms with E-state index in [9.17, 15) is 9.18 Å². The van der Waals surface area contributed by atoms with Gasteiger partial charge in [-0.15, -0.1) is 0 Å². The molecule has 19 heavy (non-hydrogen) atoms. The summed E-state index contributed by atoms with van der Waals surface area (Å²) < 4.78 is 18.9. The Morgan fingerprint density at radius 1 is 1.37 bits per heavy atom. The maximum Gasteiger partial charge on any atom is 0.287 e. The van der Waals surface area contributed by atoms with E-state index in [1.807, 2.05) is 0 Å². The lowest BCUT2D eigenvalue weighted by Crippen LogP contribution is -2.30. The van der Waals surface area contributed by atoms with Crippen molar-refractivity contribution < 1.29 is 18.7 Å². The second-order valence-corrected chi connectivity index (χ2v) is 4.20. The Labute approximate surface area is 109 Å². The fraction of sp³-hybridized carbons (Fsp3) is 0.214. The van der Waals surface area contributed by atoms with Crippen LogP contribution in [0.5, 0.6) is 0 Å². The molecule has 1 atom stereocenters. The maximum atomic E-state index is 13.5. The Hall–Kier alpha value is -2.14. The van der Waals surface area contributed by atoms with E-state index >= 15 is 0 Å². The summed E-state index contributed by atoms with van der Waals surface area (Å²) in [4.78, 5) is 11.7. The van der Waals surface area contributed by atoms with Crippen LogP contribution in [0, 0.1) is 5.82 Å². The first-order valence-corrected chi connectivity index (χ1v) is 5.89. The van der Waals surface area contributed by atoms with Gasteiger partial charge >= 0.3 is 0 Å². The van der Waals surface area contributed by atoms with Crippen molar-refractivity contribution in [3.05, 3.63) is 48.0 Å². The molecule has 5 heteroatoms. The highest BCUT2D eigenvalue weighted by molar-refractivity contribution is 5.92. The van der Waals surface area contributed by atoms with Crippen LogP contribution in [0.1, 0.15) is 17.5 Å². The molecule has 1 amide bonds. The van der Waals surface area contributed by atoms with E-state index in [-0.39, 0.29) is 12.3 Å². The first-order chi connectivity index (χ1) is 9.08. The number of benzene rings is 1. The fourth-order valence-corrected chi connectivity index (χ4v) is 1.59. The fourth-order valence-electron chi connectivity index (χ4n) is 1.59. The van der Waals surface area contributed by atoms with Crippen LogP contribution in [0.3, 0.4) is 0 Å². The van der Waals surface area contributed by atoms with E-state index < -0.39 is 17.8 Å². The van der Waals surface area contributed by atoms with Gasteiger partial charge < -0.3 is 14.8 Å². The molecule has 0 bridgehead atoms. The van der Waals surface area contributed by atoms with Crippen molar-refractivity contribution in [2.45, 2.75) is 13.0 Å². The quantitative estimate of drug-likeness (QED) is 0.888. The maximum absolute atomic E-state index is 13.5. The van der Waals surface area contributed by atoms with Gasteiger partial charge in [-0.3, -0.25) is 4.79 Å². The topological polar surface area (TPSA) is 62.5 Å². The molecule has 0 aliphatic heterocycles. The Morgan fingerprint density at radius 3 is 2.79 bits per heavy atom. The zero-order chi connectivity index (χ0) is 13.8. The molecule has 0 aliphatic carbocycles. The minimum absolute atomic E-state index is 0.0823. The third kappa shape index (κ3) is 3.20. The number of carbonyl (C=O) groups is 1. The van der Waals surface area contributed by atoms with Gasteiger partial charge in [0.2, 0.25) is 0 Å². The predicted molar refractivity (Wildman–Crippen MR) is 68.1 cm³/mol. The van der Waals surface area contributed by atoms with Crippen LogP contribution in [0.2, 0.25) is 0 Å². The van der Waals surface area contributed by atoms with Crippen molar-refractivity contribution in [2.75, 3.05) is 6.54 Å². The number of rotatable bonds is 4. The molecule has 1 heterocycles. The molecule has 0 radical (unpaired) electrons. The zero-order valence-corrected chi connectivity index (χ0v) is 10.4. The number of amides is 1.